The van der Waals surface area contributed by atoms with Gasteiger partial charge in [-0.3, -0.25) is 4.72 Å². The fraction of sp³-hybridized carbons (Fsp3) is 0.467. The van der Waals surface area contributed by atoms with Crippen LogP contribution >= 0.6 is 11.3 Å². The van der Waals surface area contributed by atoms with Gasteiger partial charge in [-0.2, -0.15) is 0 Å². The molecule has 2 aromatic rings. The average molecular weight is 324 g/mol. The van der Waals surface area contributed by atoms with Crippen LogP contribution in [0.1, 0.15) is 25.7 Å². The molecule has 1 aromatic carbocycles. The summed E-state index contributed by atoms with van der Waals surface area (Å²) in [6, 6.07) is 8.02. The van der Waals surface area contributed by atoms with Gasteiger partial charge in [-0.15, -0.1) is 11.3 Å². The Morgan fingerprint density at radius 1 is 1.29 bits per heavy atom. The molecule has 6 heteroatoms. The van der Waals surface area contributed by atoms with Crippen molar-refractivity contribution >= 4 is 37.1 Å². The van der Waals surface area contributed by atoms with E-state index in [4.69, 9.17) is 0 Å². The van der Waals surface area contributed by atoms with Crippen LogP contribution in [0.2, 0.25) is 0 Å². The van der Waals surface area contributed by atoms with Crippen molar-refractivity contribution in [2.24, 2.45) is 0 Å². The van der Waals surface area contributed by atoms with E-state index in [9.17, 15) is 8.42 Å². The molecular weight excluding hydrogens is 304 g/mol. The number of thiophene rings is 1. The Morgan fingerprint density at radius 2 is 2.19 bits per heavy atom. The van der Waals surface area contributed by atoms with Crippen molar-refractivity contribution in [1.29, 1.82) is 0 Å². The molecule has 1 unspecified atom stereocenters. The van der Waals surface area contributed by atoms with E-state index in [1.165, 1.54) is 17.5 Å². The van der Waals surface area contributed by atoms with Gasteiger partial charge in [0.2, 0.25) is 10.0 Å². The minimum atomic E-state index is -3.27. The predicted molar refractivity (Wildman–Crippen MR) is 89.5 cm³/mol. The van der Waals surface area contributed by atoms with Gasteiger partial charge in [-0.25, -0.2) is 8.42 Å². The Balaban J connectivity index is 1.61. The number of rotatable bonds is 5. The van der Waals surface area contributed by atoms with Gasteiger partial charge in [0.25, 0.3) is 0 Å². The molecule has 1 fully saturated rings. The number of nitrogens with one attached hydrogen (secondary N) is 2. The largest absolute Gasteiger partial charge is 0.314 e. The summed E-state index contributed by atoms with van der Waals surface area (Å²) in [7, 11) is -3.27. The van der Waals surface area contributed by atoms with Gasteiger partial charge in [0.15, 0.2) is 0 Å². The highest BCUT2D eigenvalue weighted by Gasteiger charge is 2.17. The number of sulfonamides is 1. The Bertz CT molecular complexity index is 703. The normalized spacial score (nSPS) is 19.7. The fourth-order valence-corrected chi connectivity index (χ4v) is 4.68. The van der Waals surface area contributed by atoms with E-state index in [0.717, 1.165) is 18.4 Å². The van der Waals surface area contributed by atoms with Crippen LogP contribution in [0.5, 0.6) is 0 Å². The third-order valence-corrected chi connectivity index (χ3v) is 6.09. The van der Waals surface area contributed by atoms with Gasteiger partial charge < -0.3 is 5.32 Å². The van der Waals surface area contributed by atoms with E-state index in [1.54, 1.807) is 11.3 Å². The molecular formula is C15H20N2O2S2. The molecule has 21 heavy (non-hydrogen) atoms. The van der Waals surface area contributed by atoms with Crippen LogP contribution in [0.15, 0.2) is 29.6 Å². The maximum atomic E-state index is 12.2. The van der Waals surface area contributed by atoms with Gasteiger partial charge in [0.05, 0.1) is 5.75 Å². The van der Waals surface area contributed by atoms with Crippen LogP contribution < -0.4 is 10.0 Å². The van der Waals surface area contributed by atoms with E-state index in [2.05, 4.69) is 10.0 Å². The summed E-state index contributed by atoms with van der Waals surface area (Å²) in [6.45, 7) is 1.01. The number of anilines is 1. The van der Waals surface area contributed by atoms with Crippen molar-refractivity contribution in [3.05, 3.63) is 29.6 Å². The quantitative estimate of drug-likeness (QED) is 0.888. The molecule has 0 radical (unpaired) electrons. The highest BCUT2D eigenvalue weighted by Crippen LogP contribution is 2.24. The molecule has 0 bridgehead atoms. The molecule has 2 heterocycles. The van der Waals surface area contributed by atoms with Gasteiger partial charge in [-0.1, -0.05) is 6.42 Å². The van der Waals surface area contributed by atoms with Crippen LogP contribution in [-0.4, -0.2) is 26.8 Å². The number of piperidine rings is 1. The van der Waals surface area contributed by atoms with Gasteiger partial charge in [0, 0.05) is 16.4 Å². The third kappa shape index (κ3) is 3.96. The Hall–Kier alpha value is -1.11. The summed E-state index contributed by atoms with van der Waals surface area (Å²) in [5.74, 6) is 0.173. The van der Waals surface area contributed by atoms with Crippen LogP contribution in [0.25, 0.3) is 10.1 Å². The molecule has 0 spiro atoms. The molecule has 3 rings (SSSR count). The summed E-state index contributed by atoms with van der Waals surface area (Å²) in [4.78, 5) is 0. The van der Waals surface area contributed by atoms with Crippen LogP contribution in [0.4, 0.5) is 5.69 Å². The topological polar surface area (TPSA) is 58.2 Å². The van der Waals surface area contributed by atoms with Crippen LogP contribution in [0, 0.1) is 0 Å². The third-order valence-electron chi connectivity index (χ3n) is 3.87. The minimum absolute atomic E-state index is 0.173. The molecule has 1 aliphatic heterocycles. The first-order chi connectivity index (χ1) is 10.1. The standard InChI is InChI=1S/C15H20N2O2S2/c18-21(19,10-7-13-3-1-2-8-16-13)17-14-4-5-15-12(11-14)6-9-20-15/h4-6,9,11,13,16-17H,1-3,7-8,10H2. The lowest BCUT2D eigenvalue weighted by atomic mass is 10.0. The second kappa shape index (κ2) is 6.34. The fourth-order valence-electron chi connectivity index (χ4n) is 2.73. The summed E-state index contributed by atoms with van der Waals surface area (Å²) >= 11 is 1.66. The smallest absolute Gasteiger partial charge is 0.232 e. The molecule has 1 aromatic heterocycles. The molecule has 2 N–H and O–H groups in total. The maximum absolute atomic E-state index is 12.2. The lowest BCUT2D eigenvalue weighted by molar-refractivity contribution is 0.393. The first kappa shape index (κ1) is 14.8. The first-order valence-electron chi connectivity index (χ1n) is 7.33. The second-order valence-corrected chi connectivity index (χ2v) is 8.32. The molecule has 1 aliphatic rings. The molecule has 114 valence electrons. The summed E-state index contributed by atoms with van der Waals surface area (Å²) in [5.41, 5.74) is 0.650. The molecule has 0 saturated carbocycles. The van der Waals surface area contributed by atoms with E-state index in [1.807, 2.05) is 29.6 Å². The van der Waals surface area contributed by atoms with Crippen molar-refractivity contribution in [3.63, 3.8) is 0 Å². The van der Waals surface area contributed by atoms with Crippen molar-refractivity contribution in [2.45, 2.75) is 31.7 Å². The lowest BCUT2D eigenvalue weighted by Crippen LogP contribution is -2.36. The Morgan fingerprint density at radius 3 is 3.00 bits per heavy atom. The molecule has 1 atom stereocenters. The van der Waals surface area contributed by atoms with E-state index in [-0.39, 0.29) is 5.75 Å². The summed E-state index contributed by atoms with van der Waals surface area (Å²) < 4.78 is 28.2. The number of fused-ring (bicyclic) bond motifs is 1. The number of hydrogen-bond donors (Lipinski definition) is 2. The minimum Gasteiger partial charge on any atom is -0.314 e. The monoisotopic (exact) mass is 324 g/mol. The van der Waals surface area contributed by atoms with Gasteiger partial charge in [-0.05, 0) is 60.8 Å². The zero-order valence-electron chi connectivity index (χ0n) is 11.8. The van der Waals surface area contributed by atoms with Crippen LogP contribution in [0.3, 0.4) is 0 Å². The Kier molecular flexibility index (Phi) is 4.47. The van der Waals surface area contributed by atoms with Crippen molar-refractivity contribution in [2.75, 3.05) is 17.0 Å². The zero-order valence-corrected chi connectivity index (χ0v) is 13.5. The average Bonchev–Trinajstić information content (AvgIpc) is 2.93. The number of benzene rings is 1. The van der Waals surface area contributed by atoms with Gasteiger partial charge in [0.1, 0.15) is 0 Å². The molecule has 0 amide bonds. The van der Waals surface area contributed by atoms with E-state index < -0.39 is 10.0 Å². The lowest BCUT2D eigenvalue weighted by Gasteiger charge is -2.23. The highest BCUT2D eigenvalue weighted by atomic mass is 32.2. The van der Waals surface area contributed by atoms with Crippen molar-refractivity contribution in [1.82, 2.24) is 5.32 Å². The Labute approximate surface area is 129 Å². The van der Waals surface area contributed by atoms with Crippen LogP contribution in [-0.2, 0) is 10.0 Å². The predicted octanol–water partition coefficient (Wildman–Crippen LogP) is 3.18. The second-order valence-electron chi connectivity index (χ2n) is 5.53. The number of hydrogen-bond acceptors (Lipinski definition) is 4. The SMILES string of the molecule is O=S(=O)(CCC1CCCCN1)Nc1ccc2sccc2c1. The zero-order chi connectivity index (χ0) is 14.7. The summed E-state index contributed by atoms with van der Waals surface area (Å²) in [6.07, 6.45) is 4.15. The molecule has 1 saturated heterocycles. The molecule has 0 aliphatic carbocycles. The van der Waals surface area contributed by atoms with E-state index in [0.29, 0.717) is 18.2 Å². The highest BCUT2D eigenvalue weighted by molar-refractivity contribution is 7.92. The van der Waals surface area contributed by atoms with Gasteiger partial charge >= 0.3 is 0 Å². The first-order valence-corrected chi connectivity index (χ1v) is 9.87. The summed E-state index contributed by atoms with van der Waals surface area (Å²) in [5, 5.41) is 6.47. The molecule has 4 nitrogen and oxygen atoms in total. The maximum Gasteiger partial charge on any atom is 0.232 e. The van der Waals surface area contributed by atoms with E-state index >= 15 is 0 Å². The van der Waals surface area contributed by atoms with Crippen molar-refractivity contribution < 1.29 is 8.42 Å². The van der Waals surface area contributed by atoms with Crippen molar-refractivity contribution in [3.8, 4) is 0 Å².